The van der Waals surface area contributed by atoms with Crippen molar-refractivity contribution >= 4 is 10.0 Å². The lowest BCUT2D eigenvalue weighted by molar-refractivity contribution is 0.115. The van der Waals surface area contributed by atoms with Gasteiger partial charge in [-0.25, -0.2) is 8.42 Å². The number of methoxy groups -OCH3 is 1. The van der Waals surface area contributed by atoms with E-state index in [-0.39, 0.29) is 11.4 Å². The molecule has 0 bridgehead atoms. The molecule has 2 fully saturated rings. The average Bonchev–Trinajstić information content (AvgIpc) is 2.89. The van der Waals surface area contributed by atoms with Gasteiger partial charge in [-0.15, -0.1) is 0 Å². The molecule has 0 saturated carbocycles. The van der Waals surface area contributed by atoms with E-state index in [1.54, 1.807) is 11.4 Å². The Labute approximate surface area is 90.8 Å². The second kappa shape index (κ2) is 4.37. The smallest absolute Gasteiger partial charge is 0.218 e. The maximum atomic E-state index is 12.1. The van der Waals surface area contributed by atoms with E-state index in [1.165, 1.54) is 0 Å². The Hall–Kier alpha value is -0.170. The zero-order chi connectivity index (χ0) is 10.9. The van der Waals surface area contributed by atoms with Crippen LogP contribution >= 0.6 is 0 Å². The fraction of sp³-hybridized carbons (Fsp3) is 1.00. The molecule has 0 spiro atoms. The number of hydrogen-bond donors (Lipinski definition) is 1. The largest absolute Gasteiger partial charge is 0.380 e. The Bertz CT molecular complexity index is 311. The summed E-state index contributed by atoms with van der Waals surface area (Å²) >= 11 is 0. The number of hydrogen-bond acceptors (Lipinski definition) is 4. The third kappa shape index (κ3) is 2.18. The summed E-state index contributed by atoms with van der Waals surface area (Å²) in [7, 11) is -1.45. The van der Waals surface area contributed by atoms with Crippen molar-refractivity contribution < 1.29 is 13.2 Å². The lowest BCUT2D eigenvalue weighted by atomic mass is 10.3. The molecule has 6 heteroatoms. The van der Waals surface area contributed by atoms with Gasteiger partial charge in [-0.2, -0.15) is 4.31 Å². The van der Waals surface area contributed by atoms with Crippen LogP contribution < -0.4 is 5.32 Å². The van der Waals surface area contributed by atoms with E-state index in [0.717, 1.165) is 19.4 Å². The minimum absolute atomic E-state index is 0.0779. The molecule has 2 atom stereocenters. The molecular formula is C9H18N2O3S. The Morgan fingerprint density at radius 3 is 2.73 bits per heavy atom. The normalized spacial score (nSPS) is 33.7. The van der Waals surface area contributed by atoms with Crippen molar-refractivity contribution in [3.05, 3.63) is 0 Å². The van der Waals surface area contributed by atoms with Crippen LogP contribution in [0.3, 0.4) is 0 Å². The number of sulfonamides is 1. The molecule has 2 saturated heterocycles. The maximum Gasteiger partial charge on any atom is 0.218 e. The Morgan fingerprint density at radius 1 is 1.40 bits per heavy atom. The molecule has 88 valence electrons. The van der Waals surface area contributed by atoms with Crippen molar-refractivity contribution in [2.45, 2.75) is 24.2 Å². The molecule has 2 aliphatic rings. The summed E-state index contributed by atoms with van der Waals surface area (Å²) in [5.74, 6) is 0. The van der Waals surface area contributed by atoms with Gasteiger partial charge in [-0.05, 0) is 19.4 Å². The van der Waals surface area contributed by atoms with E-state index in [0.29, 0.717) is 19.6 Å². The lowest BCUT2D eigenvalue weighted by Crippen LogP contribution is -2.38. The molecule has 0 aromatic heterocycles. The molecule has 2 unspecified atom stereocenters. The van der Waals surface area contributed by atoms with Gasteiger partial charge in [0.15, 0.2) is 0 Å². The van der Waals surface area contributed by atoms with Gasteiger partial charge in [0.2, 0.25) is 10.0 Å². The summed E-state index contributed by atoms with van der Waals surface area (Å²) in [6.07, 6.45) is 1.63. The number of ether oxygens (including phenoxy) is 1. The van der Waals surface area contributed by atoms with E-state index in [9.17, 15) is 8.42 Å². The summed E-state index contributed by atoms with van der Waals surface area (Å²) < 4.78 is 31.0. The monoisotopic (exact) mass is 234 g/mol. The molecule has 1 N–H and O–H groups in total. The molecule has 2 aliphatic heterocycles. The van der Waals surface area contributed by atoms with Gasteiger partial charge >= 0.3 is 0 Å². The Kier molecular flexibility index (Phi) is 3.30. The SMILES string of the molecule is COC1CCN(S(=O)(=O)C2CCNC2)C1. The predicted octanol–water partition coefficient (Wildman–Crippen LogP) is -0.601. The van der Waals surface area contributed by atoms with E-state index >= 15 is 0 Å². The number of nitrogens with zero attached hydrogens (tertiary/aromatic N) is 1. The molecule has 0 radical (unpaired) electrons. The second-order valence-electron chi connectivity index (χ2n) is 4.16. The zero-order valence-corrected chi connectivity index (χ0v) is 9.79. The molecule has 5 nitrogen and oxygen atoms in total. The topological polar surface area (TPSA) is 58.6 Å². The van der Waals surface area contributed by atoms with Crippen LogP contribution in [0.25, 0.3) is 0 Å². The highest BCUT2D eigenvalue weighted by atomic mass is 32.2. The predicted molar refractivity (Wildman–Crippen MR) is 57.2 cm³/mol. The van der Waals surface area contributed by atoms with Crippen LogP contribution in [0.1, 0.15) is 12.8 Å². The quantitative estimate of drug-likeness (QED) is 0.708. The summed E-state index contributed by atoms with van der Waals surface area (Å²) in [6.45, 7) is 2.54. The van der Waals surface area contributed by atoms with Gasteiger partial charge in [0, 0.05) is 26.7 Å². The third-order valence-electron chi connectivity index (χ3n) is 3.24. The van der Waals surface area contributed by atoms with Crippen LogP contribution in [-0.4, -0.2) is 57.4 Å². The summed E-state index contributed by atoms with van der Waals surface area (Å²) in [6, 6.07) is 0. The summed E-state index contributed by atoms with van der Waals surface area (Å²) in [5, 5.41) is 2.86. The number of rotatable bonds is 3. The first kappa shape index (κ1) is 11.3. The second-order valence-corrected chi connectivity index (χ2v) is 6.38. The van der Waals surface area contributed by atoms with Crippen LogP contribution in [0.15, 0.2) is 0 Å². The van der Waals surface area contributed by atoms with E-state index < -0.39 is 10.0 Å². The van der Waals surface area contributed by atoms with Crippen molar-refractivity contribution in [1.82, 2.24) is 9.62 Å². The summed E-state index contributed by atoms with van der Waals surface area (Å²) in [4.78, 5) is 0. The van der Waals surface area contributed by atoms with Gasteiger partial charge in [0.25, 0.3) is 0 Å². The van der Waals surface area contributed by atoms with Gasteiger partial charge in [-0.3, -0.25) is 0 Å². The highest BCUT2D eigenvalue weighted by Gasteiger charge is 2.38. The average molecular weight is 234 g/mol. The van der Waals surface area contributed by atoms with Crippen LogP contribution in [0.5, 0.6) is 0 Å². The van der Waals surface area contributed by atoms with E-state index in [4.69, 9.17) is 4.74 Å². The first-order chi connectivity index (χ1) is 7.14. The molecule has 0 amide bonds. The molecule has 0 aliphatic carbocycles. The van der Waals surface area contributed by atoms with Crippen LogP contribution in [-0.2, 0) is 14.8 Å². The molecular weight excluding hydrogens is 216 g/mol. The minimum atomic E-state index is -3.09. The van der Waals surface area contributed by atoms with E-state index in [2.05, 4.69) is 5.32 Å². The van der Waals surface area contributed by atoms with Crippen LogP contribution in [0, 0.1) is 0 Å². The first-order valence-electron chi connectivity index (χ1n) is 5.37. The van der Waals surface area contributed by atoms with Gasteiger partial charge < -0.3 is 10.1 Å². The van der Waals surface area contributed by atoms with E-state index in [1.807, 2.05) is 0 Å². The fourth-order valence-corrected chi connectivity index (χ4v) is 4.11. The molecule has 2 heterocycles. The van der Waals surface area contributed by atoms with Crippen LogP contribution in [0.2, 0.25) is 0 Å². The van der Waals surface area contributed by atoms with Gasteiger partial charge in [-0.1, -0.05) is 0 Å². The Morgan fingerprint density at radius 2 is 2.20 bits per heavy atom. The minimum Gasteiger partial charge on any atom is -0.380 e. The summed E-state index contributed by atoms with van der Waals surface area (Å²) in [5.41, 5.74) is 0. The van der Waals surface area contributed by atoms with Crippen molar-refractivity contribution in [2.24, 2.45) is 0 Å². The molecule has 15 heavy (non-hydrogen) atoms. The highest BCUT2D eigenvalue weighted by molar-refractivity contribution is 7.89. The van der Waals surface area contributed by atoms with Gasteiger partial charge in [0.05, 0.1) is 11.4 Å². The molecule has 0 aromatic carbocycles. The fourth-order valence-electron chi connectivity index (χ4n) is 2.21. The third-order valence-corrected chi connectivity index (χ3v) is 5.53. The lowest BCUT2D eigenvalue weighted by Gasteiger charge is -2.20. The van der Waals surface area contributed by atoms with Crippen LogP contribution in [0.4, 0.5) is 0 Å². The van der Waals surface area contributed by atoms with Gasteiger partial charge in [0.1, 0.15) is 0 Å². The first-order valence-corrected chi connectivity index (χ1v) is 6.87. The van der Waals surface area contributed by atoms with Crippen molar-refractivity contribution in [3.63, 3.8) is 0 Å². The highest BCUT2D eigenvalue weighted by Crippen LogP contribution is 2.21. The van der Waals surface area contributed by atoms with Crippen molar-refractivity contribution in [1.29, 1.82) is 0 Å². The number of nitrogens with one attached hydrogen (secondary N) is 1. The zero-order valence-electron chi connectivity index (χ0n) is 8.98. The van der Waals surface area contributed by atoms with Crippen molar-refractivity contribution in [3.8, 4) is 0 Å². The Balaban J connectivity index is 2.03. The standard InChI is InChI=1S/C9H18N2O3S/c1-14-8-3-5-11(7-8)15(12,13)9-2-4-10-6-9/h8-10H,2-7H2,1H3. The molecule has 0 aromatic rings. The van der Waals surface area contributed by atoms with Crippen molar-refractivity contribution in [2.75, 3.05) is 33.3 Å². The maximum absolute atomic E-state index is 12.1. The molecule has 2 rings (SSSR count).